The third-order valence-electron chi connectivity index (χ3n) is 4.23. The van der Waals surface area contributed by atoms with Gasteiger partial charge in [0.15, 0.2) is 0 Å². The van der Waals surface area contributed by atoms with E-state index in [1.165, 1.54) is 5.01 Å². The monoisotopic (exact) mass is 415 g/mol. The lowest BCUT2D eigenvalue weighted by atomic mass is 10.1. The van der Waals surface area contributed by atoms with Crippen LogP contribution in [0, 0.1) is 6.92 Å². The van der Waals surface area contributed by atoms with Crippen molar-refractivity contribution in [1.29, 1.82) is 0 Å². The van der Waals surface area contributed by atoms with E-state index in [4.69, 9.17) is 14.2 Å². The van der Waals surface area contributed by atoms with Gasteiger partial charge in [0.05, 0.1) is 37.8 Å². The molecule has 0 radical (unpaired) electrons. The van der Waals surface area contributed by atoms with Gasteiger partial charge in [-0.05, 0) is 45.0 Å². The molecule has 8 nitrogen and oxygen atoms in total. The van der Waals surface area contributed by atoms with E-state index in [0.717, 1.165) is 11.3 Å². The molecule has 29 heavy (non-hydrogen) atoms. The molecule has 0 atom stereocenters. The summed E-state index contributed by atoms with van der Waals surface area (Å²) in [5.74, 6) is 0.450. The van der Waals surface area contributed by atoms with Crippen LogP contribution in [0.3, 0.4) is 0 Å². The highest BCUT2D eigenvalue weighted by Crippen LogP contribution is 2.33. The summed E-state index contributed by atoms with van der Waals surface area (Å²) >= 11 is 1.07. The number of rotatable bonds is 6. The third-order valence-corrected chi connectivity index (χ3v) is 5.34. The van der Waals surface area contributed by atoms with E-state index in [9.17, 15) is 9.59 Å². The lowest BCUT2D eigenvalue weighted by molar-refractivity contribution is -0.114. The summed E-state index contributed by atoms with van der Waals surface area (Å²) in [7, 11) is 3.13. The average Bonchev–Trinajstić information content (AvgIpc) is 3.22. The highest BCUT2D eigenvalue weighted by Gasteiger charge is 2.32. The van der Waals surface area contributed by atoms with Crippen molar-refractivity contribution < 1.29 is 23.8 Å². The van der Waals surface area contributed by atoms with Gasteiger partial charge in [-0.25, -0.2) is 9.78 Å². The number of aromatic nitrogens is 1. The zero-order valence-electron chi connectivity index (χ0n) is 16.8. The number of ether oxygens (including phenoxy) is 3. The first-order valence-corrected chi connectivity index (χ1v) is 9.69. The van der Waals surface area contributed by atoms with Crippen molar-refractivity contribution >= 4 is 40.1 Å². The second-order valence-electron chi connectivity index (χ2n) is 6.10. The summed E-state index contributed by atoms with van der Waals surface area (Å²) in [5, 5.41) is 5.85. The molecule has 0 aliphatic carbocycles. The van der Waals surface area contributed by atoms with Gasteiger partial charge in [0.25, 0.3) is 5.91 Å². The third kappa shape index (κ3) is 4.00. The Labute approximate surface area is 172 Å². The van der Waals surface area contributed by atoms with Gasteiger partial charge in [0.1, 0.15) is 16.4 Å². The smallest absolute Gasteiger partial charge is 0.350 e. The molecule has 0 saturated carbocycles. The number of hydrogen-bond donors (Lipinski definition) is 0. The van der Waals surface area contributed by atoms with Crippen LogP contribution in [-0.2, 0) is 9.53 Å². The van der Waals surface area contributed by atoms with E-state index in [0.29, 0.717) is 44.0 Å². The van der Waals surface area contributed by atoms with Gasteiger partial charge < -0.3 is 14.2 Å². The molecular formula is C20H21N3O5S. The normalized spacial score (nSPS) is 14.9. The van der Waals surface area contributed by atoms with Crippen LogP contribution in [0.25, 0.3) is 6.08 Å². The molecule has 9 heteroatoms. The Balaban J connectivity index is 1.95. The van der Waals surface area contributed by atoms with Gasteiger partial charge in [-0.3, -0.25) is 4.79 Å². The number of benzene rings is 1. The Bertz CT molecular complexity index is 1030. The first-order chi connectivity index (χ1) is 13.9. The number of anilines is 1. The topological polar surface area (TPSA) is 90.3 Å². The summed E-state index contributed by atoms with van der Waals surface area (Å²) in [5.41, 5.74) is 2.12. The first kappa shape index (κ1) is 20.5. The summed E-state index contributed by atoms with van der Waals surface area (Å²) < 4.78 is 15.7. The Hall–Kier alpha value is -3.20. The predicted molar refractivity (Wildman–Crippen MR) is 111 cm³/mol. The van der Waals surface area contributed by atoms with Crippen molar-refractivity contribution in [3.63, 3.8) is 0 Å². The quantitative estimate of drug-likeness (QED) is 0.530. The molecule has 1 amide bonds. The molecular weight excluding hydrogens is 394 g/mol. The molecule has 0 fully saturated rings. The van der Waals surface area contributed by atoms with Crippen molar-refractivity contribution in [3.8, 4) is 11.5 Å². The average molecular weight is 415 g/mol. The summed E-state index contributed by atoms with van der Waals surface area (Å²) in [6.07, 6.45) is 1.70. The van der Waals surface area contributed by atoms with Gasteiger partial charge in [0, 0.05) is 5.56 Å². The lowest BCUT2D eigenvalue weighted by Gasteiger charge is -2.09. The maximum atomic E-state index is 13.0. The zero-order chi connectivity index (χ0) is 21.1. The van der Waals surface area contributed by atoms with Crippen molar-refractivity contribution in [3.05, 3.63) is 39.9 Å². The molecule has 0 bridgehead atoms. The van der Waals surface area contributed by atoms with E-state index < -0.39 is 5.97 Å². The van der Waals surface area contributed by atoms with Crippen LogP contribution in [0.4, 0.5) is 5.13 Å². The van der Waals surface area contributed by atoms with Crippen LogP contribution >= 0.6 is 11.3 Å². The number of carbonyl (C=O) groups is 2. The number of hydrazone groups is 1. The fourth-order valence-electron chi connectivity index (χ4n) is 2.78. The van der Waals surface area contributed by atoms with Gasteiger partial charge in [-0.1, -0.05) is 11.3 Å². The van der Waals surface area contributed by atoms with Gasteiger partial charge in [-0.15, -0.1) is 0 Å². The largest absolute Gasteiger partial charge is 0.497 e. The van der Waals surface area contributed by atoms with E-state index in [1.807, 2.05) is 0 Å². The summed E-state index contributed by atoms with van der Waals surface area (Å²) in [6, 6.07) is 5.33. The highest BCUT2D eigenvalue weighted by molar-refractivity contribution is 7.17. The van der Waals surface area contributed by atoms with Crippen molar-refractivity contribution in [2.75, 3.05) is 25.8 Å². The Morgan fingerprint density at radius 1 is 1.24 bits per heavy atom. The van der Waals surface area contributed by atoms with Gasteiger partial charge in [-0.2, -0.15) is 10.1 Å². The van der Waals surface area contributed by atoms with Crippen molar-refractivity contribution in [1.82, 2.24) is 4.98 Å². The molecule has 3 rings (SSSR count). The fourth-order valence-corrected chi connectivity index (χ4v) is 3.69. The molecule has 1 aromatic heterocycles. The maximum absolute atomic E-state index is 13.0. The maximum Gasteiger partial charge on any atom is 0.350 e. The number of esters is 1. The fraction of sp³-hybridized carbons (Fsp3) is 0.300. The van der Waals surface area contributed by atoms with Crippen LogP contribution in [0.15, 0.2) is 28.9 Å². The number of hydrogen-bond acceptors (Lipinski definition) is 8. The van der Waals surface area contributed by atoms with Crippen LogP contribution in [0.2, 0.25) is 0 Å². The first-order valence-electron chi connectivity index (χ1n) is 8.87. The molecule has 1 aromatic carbocycles. The van der Waals surface area contributed by atoms with Crippen LogP contribution in [-0.4, -0.2) is 43.4 Å². The second-order valence-corrected chi connectivity index (χ2v) is 7.08. The number of amides is 1. The number of nitrogens with zero attached hydrogens (tertiary/aromatic N) is 3. The summed E-state index contributed by atoms with van der Waals surface area (Å²) in [4.78, 5) is 29.7. The van der Waals surface area contributed by atoms with E-state index in [1.54, 1.807) is 59.3 Å². The molecule has 2 aromatic rings. The molecule has 2 heterocycles. The number of aryl methyl sites for hydroxylation is 1. The van der Waals surface area contributed by atoms with Crippen molar-refractivity contribution in [2.45, 2.75) is 20.8 Å². The van der Waals surface area contributed by atoms with E-state index in [2.05, 4.69) is 10.1 Å². The molecule has 1 aliphatic rings. The minimum absolute atomic E-state index is 0.265. The number of carbonyl (C=O) groups excluding carboxylic acids is 2. The highest BCUT2D eigenvalue weighted by atomic mass is 32.1. The Kier molecular flexibility index (Phi) is 5.97. The van der Waals surface area contributed by atoms with Crippen LogP contribution in [0.5, 0.6) is 11.5 Å². The predicted octanol–water partition coefficient (Wildman–Crippen LogP) is 3.45. The summed E-state index contributed by atoms with van der Waals surface area (Å²) in [6.45, 7) is 5.43. The van der Waals surface area contributed by atoms with Gasteiger partial charge >= 0.3 is 5.97 Å². The second kappa shape index (κ2) is 8.44. The van der Waals surface area contributed by atoms with Gasteiger partial charge in [0.2, 0.25) is 5.13 Å². The number of thiazole rings is 1. The zero-order valence-corrected chi connectivity index (χ0v) is 17.6. The van der Waals surface area contributed by atoms with E-state index >= 15 is 0 Å². The Morgan fingerprint density at radius 2 is 2.00 bits per heavy atom. The molecule has 0 saturated heterocycles. The van der Waals surface area contributed by atoms with Crippen molar-refractivity contribution in [2.24, 2.45) is 5.10 Å². The molecule has 152 valence electrons. The molecule has 0 unspecified atom stereocenters. The number of methoxy groups -OCH3 is 2. The molecule has 0 spiro atoms. The minimum atomic E-state index is -0.460. The SMILES string of the molecule is CCOC(=O)c1sc(N2N=C(C)/C(=C/c3cc(OC)ccc3OC)C2=O)nc1C. The van der Waals surface area contributed by atoms with E-state index in [-0.39, 0.29) is 12.5 Å². The minimum Gasteiger partial charge on any atom is -0.497 e. The molecule has 1 aliphatic heterocycles. The lowest BCUT2D eigenvalue weighted by Crippen LogP contribution is -2.21. The Morgan fingerprint density at radius 3 is 2.66 bits per heavy atom. The van der Waals surface area contributed by atoms with Crippen LogP contribution in [0.1, 0.15) is 34.8 Å². The standard InChI is InChI=1S/C20H21N3O5S/c1-6-28-19(25)17-12(3)21-20(29-17)23-18(24)15(11(2)22-23)10-13-9-14(26-4)7-8-16(13)27-5/h7-10H,6H2,1-5H3/b15-10-. The molecule has 0 N–H and O–H groups in total. The van der Waals surface area contributed by atoms with Crippen LogP contribution < -0.4 is 14.5 Å².